The van der Waals surface area contributed by atoms with Gasteiger partial charge in [0.15, 0.2) is 0 Å². The number of phenols is 2. The highest BCUT2D eigenvalue weighted by Gasteiger charge is 2.29. The molecule has 0 unspecified atom stereocenters. The van der Waals surface area contributed by atoms with Crippen LogP contribution in [0, 0.1) is 0 Å². The maximum absolute atomic E-state index is 10.8. The molecule has 0 radical (unpaired) electrons. The number of rotatable bonds is 2. The molecule has 4 nitrogen and oxygen atoms in total. The van der Waals surface area contributed by atoms with Crippen molar-refractivity contribution in [2.45, 2.75) is 26.7 Å². The molecule has 0 saturated carbocycles. The molecule has 3 rings (SSSR count). The van der Waals surface area contributed by atoms with Crippen molar-refractivity contribution in [2.24, 2.45) is 9.98 Å². The standard InChI is InChI=1S/C18H20N2O2/c1-3-19-13-9-10-14(20-4-2)16-15(13)17(21)11-7-5-6-8-12(11)18(16)22/h5-8,21-22H,3-4,9-10H2,1-2H3. The molecule has 0 saturated heterocycles. The van der Waals surface area contributed by atoms with Crippen LogP contribution < -0.4 is 0 Å². The van der Waals surface area contributed by atoms with Crippen LogP contribution in [0.5, 0.6) is 11.5 Å². The van der Waals surface area contributed by atoms with Gasteiger partial charge in [0.25, 0.3) is 0 Å². The van der Waals surface area contributed by atoms with Crippen molar-refractivity contribution in [2.75, 3.05) is 13.1 Å². The molecule has 114 valence electrons. The van der Waals surface area contributed by atoms with Crippen molar-refractivity contribution >= 4 is 22.2 Å². The summed E-state index contributed by atoms with van der Waals surface area (Å²) in [5.41, 5.74) is 3.00. The predicted octanol–water partition coefficient (Wildman–Crippen LogP) is 3.66. The molecular formula is C18H20N2O2. The molecule has 0 spiro atoms. The third kappa shape index (κ3) is 2.15. The minimum absolute atomic E-state index is 0.194. The summed E-state index contributed by atoms with van der Waals surface area (Å²) in [6, 6.07) is 7.35. The normalized spacial score (nSPS) is 18.1. The molecule has 1 aliphatic rings. The second-order valence-corrected chi connectivity index (χ2v) is 5.33. The number of hydrogen-bond donors (Lipinski definition) is 2. The van der Waals surface area contributed by atoms with Crippen LogP contribution in [0.15, 0.2) is 34.3 Å². The molecule has 0 bridgehead atoms. The maximum atomic E-state index is 10.8. The lowest BCUT2D eigenvalue weighted by molar-refractivity contribution is 0.467. The highest BCUT2D eigenvalue weighted by atomic mass is 16.3. The van der Waals surface area contributed by atoms with Gasteiger partial charge in [-0.25, -0.2) is 0 Å². The number of aromatic hydroxyl groups is 2. The van der Waals surface area contributed by atoms with Crippen LogP contribution in [0.25, 0.3) is 10.8 Å². The Morgan fingerprint density at radius 3 is 1.59 bits per heavy atom. The fourth-order valence-electron chi connectivity index (χ4n) is 3.15. The number of aliphatic imine (C=N–C) groups is 2. The van der Waals surface area contributed by atoms with E-state index in [1.807, 2.05) is 38.1 Å². The van der Waals surface area contributed by atoms with E-state index in [2.05, 4.69) is 9.98 Å². The van der Waals surface area contributed by atoms with Gasteiger partial charge in [-0.3, -0.25) is 9.98 Å². The monoisotopic (exact) mass is 296 g/mol. The quantitative estimate of drug-likeness (QED) is 0.831. The number of fused-ring (bicyclic) bond motifs is 2. The molecule has 22 heavy (non-hydrogen) atoms. The van der Waals surface area contributed by atoms with Crippen LogP contribution in [0.4, 0.5) is 0 Å². The zero-order chi connectivity index (χ0) is 15.7. The molecule has 4 heteroatoms. The van der Waals surface area contributed by atoms with E-state index in [-0.39, 0.29) is 11.5 Å². The first-order valence-electron chi connectivity index (χ1n) is 7.73. The highest BCUT2D eigenvalue weighted by molar-refractivity contribution is 6.24. The number of phenolic OH excluding ortho intramolecular Hbond substituents is 2. The molecule has 0 aliphatic heterocycles. The van der Waals surface area contributed by atoms with Crippen molar-refractivity contribution in [1.29, 1.82) is 0 Å². The lowest BCUT2D eigenvalue weighted by Gasteiger charge is -2.24. The zero-order valence-electron chi connectivity index (χ0n) is 12.9. The van der Waals surface area contributed by atoms with Crippen molar-refractivity contribution in [3.05, 3.63) is 35.4 Å². The Hall–Kier alpha value is -2.36. The second-order valence-electron chi connectivity index (χ2n) is 5.33. The maximum Gasteiger partial charge on any atom is 0.133 e. The van der Waals surface area contributed by atoms with E-state index in [0.29, 0.717) is 35.0 Å². The SMILES string of the molecule is CCN=C1CCC(=NCC)c2c1c(O)c1ccccc1c2O. The van der Waals surface area contributed by atoms with E-state index in [1.54, 1.807) is 0 Å². The average Bonchev–Trinajstić information content (AvgIpc) is 2.54. The molecule has 0 aromatic heterocycles. The lowest BCUT2D eigenvalue weighted by Crippen LogP contribution is -2.20. The predicted molar refractivity (Wildman–Crippen MR) is 90.7 cm³/mol. The first kappa shape index (κ1) is 14.6. The summed E-state index contributed by atoms with van der Waals surface area (Å²) < 4.78 is 0. The Balaban J connectivity index is 2.44. The largest absolute Gasteiger partial charge is 0.507 e. The smallest absolute Gasteiger partial charge is 0.133 e. The van der Waals surface area contributed by atoms with Gasteiger partial charge in [-0.05, 0) is 26.7 Å². The average molecular weight is 296 g/mol. The summed E-state index contributed by atoms with van der Waals surface area (Å²) in [6.45, 7) is 5.25. The van der Waals surface area contributed by atoms with E-state index in [9.17, 15) is 10.2 Å². The Morgan fingerprint density at radius 1 is 0.818 bits per heavy atom. The molecule has 0 fully saturated rings. The van der Waals surface area contributed by atoms with Crippen molar-refractivity contribution < 1.29 is 10.2 Å². The van der Waals surface area contributed by atoms with Crippen LogP contribution in [-0.4, -0.2) is 34.7 Å². The molecular weight excluding hydrogens is 276 g/mol. The van der Waals surface area contributed by atoms with Gasteiger partial charge in [0.2, 0.25) is 0 Å². The van der Waals surface area contributed by atoms with Crippen LogP contribution in [0.3, 0.4) is 0 Å². The molecule has 0 atom stereocenters. The van der Waals surface area contributed by atoms with Crippen LogP contribution in [0.2, 0.25) is 0 Å². The van der Waals surface area contributed by atoms with E-state index < -0.39 is 0 Å². The Labute approximate surface area is 129 Å². The zero-order valence-corrected chi connectivity index (χ0v) is 12.9. The lowest BCUT2D eigenvalue weighted by atomic mass is 9.84. The first-order chi connectivity index (χ1) is 10.7. The molecule has 2 aromatic rings. The fraction of sp³-hybridized carbons (Fsp3) is 0.333. The van der Waals surface area contributed by atoms with E-state index in [0.717, 1.165) is 24.3 Å². The first-order valence-corrected chi connectivity index (χ1v) is 7.73. The second kappa shape index (κ2) is 5.79. The Kier molecular flexibility index (Phi) is 3.84. The summed E-state index contributed by atoms with van der Waals surface area (Å²) in [6.07, 6.45) is 1.48. The fourth-order valence-corrected chi connectivity index (χ4v) is 3.15. The van der Waals surface area contributed by atoms with Crippen LogP contribution >= 0.6 is 0 Å². The van der Waals surface area contributed by atoms with Gasteiger partial charge in [-0.15, -0.1) is 0 Å². The molecule has 0 amide bonds. The molecule has 2 N–H and O–H groups in total. The summed E-state index contributed by atoms with van der Waals surface area (Å²) in [5, 5.41) is 22.8. The van der Waals surface area contributed by atoms with Crippen molar-refractivity contribution in [1.82, 2.24) is 0 Å². The van der Waals surface area contributed by atoms with Gasteiger partial charge < -0.3 is 10.2 Å². The Bertz CT molecular complexity index is 725. The topological polar surface area (TPSA) is 65.2 Å². The highest BCUT2D eigenvalue weighted by Crippen LogP contribution is 2.43. The van der Waals surface area contributed by atoms with Crippen molar-refractivity contribution in [3.63, 3.8) is 0 Å². The molecule has 2 aromatic carbocycles. The summed E-state index contributed by atoms with van der Waals surface area (Å²) in [4.78, 5) is 9.04. The van der Waals surface area contributed by atoms with Gasteiger partial charge in [0.05, 0.1) is 11.1 Å². The van der Waals surface area contributed by atoms with Crippen molar-refractivity contribution in [3.8, 4) is 11.5 Å². The minimum atomic E-state index is 0.194. The Morgan fingerprint density at radius 2 is 1.23 bits per heavy atom. The van der Waals surface area contributed by atoms with E-state index in [4.69, 9.17) is 0 Å². The minimum Gasteiger partial charge on any atom is -0.507 e. The van der Waals surface area contributed by atoms with Gasteiger partial charge in [-0.2, -0.15) is 0 Å². The third-order valence-corrected chi connectivity index (χ3v) is 4.03. The summed E-state index contributed by atoms with van der Waals surface area (Å²) in [5.74, 6) is 0.387. The van der Waals surface area contributed by atoms with E-state index >= 15 is 0 Å². The molecule has 1 aliphatic carbocycles. The summed E-state index contributed by atoms with van der Waals surface area (Å²) >= 11 is 0. The van der Waals surface area contributed by atoms with Crippen LogP contribution in [0.1, 0.15) is 37.8 Å². The van der Waals surface area contributed by atoms with Gasteiger partial charge >= 0.3 is 0 Å². The molecule has 0 heterocycles. The number of nitrogens with zero attached hydrogens (tertiary/aromatic N) is 2. The van der Waals surface area contributed by atoms with Crippen LogP contribution in [-0.2, 0) is 0 Å². The third-order valence-electron chi connectivity index (χ3n) is 4.03. The van der Waals surface area contributed by atoms with E-state index in [1.165, 1.54) is 0 Å². The van der Waals surface area contributed by atoms with Gasteiger partial charge in [0, 0.05) is 35.3 Å². The van der Waals surface area contributed by atoms with Gasteiger partial charge in [0.1, 0.15) is 11.5 Å². The van der Waals surface area contributed by atoms with Gasteiger partial charge in [-0.1, -0.05) is 24.3 Å². The summed E-state index contributed by atoms with van der Waals surface area (Å²) in [7, 11) is 0. The number of hydrogen-bond acceptors (Lipinski definition) is 4. The number of benzene rings is 2.